The highest BCUT2D eigenvalue weighted by Crippen LogP contribution is 2.06. The van der Waals surface area contributed by atoms with Gasteiger partial charge in [-0.05, 0) is 25.0 Å². The van der Waals surface area contributed by atoms with Gasteiger partial charge >= 0.3 is 0 Å². The molecular formula is C13H15N5O2. The molecule has 0 radical (unpaired) electrons. The third-order valence-electron chi connectivity index (χ3n) is 2.78. The minimum absolute atomic E-state index is 0.0918. The summed E-state index contributed by atoms with van der Waals surface area (Å²) in [5, 5.41) is 7.52. The van der Waals surface area contributed by atoms with Gasteiger partial charge in [0, 0.05) is 5.56 Å². The van der Waals surface area contributed by atoms with E-state index in [9.17, 15) is 9.59 Å². The first-order chi connectivity index (χ1) is 9.61. The Morgan fingerprint density at radius 1 is 1.30 bits per heavy atom. The van der Waals surface area contributed by atoms with Gasteiger partial charge in [0.05, 0.1) is 0 Å². The number of H-pyrrole nitrogens is 1. The second-order valence-corrected chi connectivity index (χ2v) is 4.20. The van der Waals surface area contributed by atoms with Crippen molar-refractivity contribution in [3.8, 4) is 0 Å². The van der Waals surface area contributed by atoms with Gasteiger partial charge in [-0.1, -0.05) is 25.1 Å². The van der Waals surface area contributed by atoms with Gasteiger partial charge in [0.15, 0.2) is 0 Å². The summed E-state index contributed by atoms with van der Waals surface area (Å²) >= 11 is 0. The molecule has 1 aromatic carbocycles. The van der Waals surface area contributed by atoms with Crippen LogP contribution in [0.25, 0.3) is 0 Å². The molecule has 1 amide bonds. The fourth-order valence-corrected chi connectivity index (χ4v) is 1.66. The highest BCUT2D eigenvalue weighted by Gasteiger charge is 2.08. The number of hydrogen-bond acceptors (Lipinski definition) is 5. The Balaban J connectivity index is 2.06. The number of aryl methyl sites for hydroxylation is 2. The van der Waals surface area contributed by atoms with Gasteiger partial charge in [0.25, 0.3) is 11.5 Å². The van der Waals surface area contributed by atoms with Crippen molar-refractivity contribution in [2.24, 2.45) is 0 Å². The molecule has 0 bridgehead atoms. The molecule has 0 saturated heterocycles. The van der Waals surface area contributed by atoms with E-state index in [0.29, 0.717) is 17.7 Å². The standard InChI is InChI=1S/C13H15N5O2/c1-3-10-12(20)14-13(17-15-10)18-16-11(19)9-7-5-4-6-8(9)2/h4-7H,3H2,1-2H3,(H,16,19)(H2,14,17,18,20). The first-order valence-corrected chi connectivity index (χ1v) is 6.19. The molecule has 2 rings (SSSR count). The van der Waals surface area contributed by atoms with Crippen molar-refractivity contribution in [3.05, 3.63) is 51.4 Å². The van der Waals surface area contributed by atoms with Crippen molar-refractivity contribution in [1.82, 2.24) is 20.6 Å². The van der Waals surface area contributed by atoms with Gasteiger partial charge in [-0.25, -0.2) is 0 Å². The highest BCUT2D eigenvalue weighted by molar-refractivity contribution is 5.96. The summed E-state index contributed by atoms with van der Waals surface area (Å²) in [4.78, 5) is 26.0. The number of carbonyl (C=O) groups is 1. The number of rotatable bonds is 4. The molecule has 0 saturated carbocycles. The quantitative estimate of drug-likeness (QED) is 0.715. The van der Waals surface area contributed by atoms with Gasteiger partial charge in [0.2, 0.25) is 5.95 Å². The Morgan fingerprint density at radius 2 is 2.05 bits per heavy atom. The van der Waals surface area contributed by atoms with E-state index in [0.717, 1.165) is 5.56 Å². The van der Waals surface area contributed by atoms with Crippen molar-refractivity contribution in [1.29, 1.82) is 0 Å². The third-order valence-corrected chi connectivity index (χ3v) is 2.78. The lowest BCUT2D eigenvalue weighted by Gasteiger charge is -2.08. The Bertz CT molecular complexity index is 680. The van der Waals surface area contributed by atoms with Gasteiger partial charge in [0.1, 0.15) is 5.69 Å². The number of nitrogens with zero attached hydrogens (tertiary/aromatic N) is 2. The molecule has 0 fully saturated rings. The Kier molecular flexibility index (Phi) is 4.09. The normalized spacial score (nSPS) is 10.1. The largest absolute Gasteiger partial charge is 0.288 e. The van der Waals surface area contributed by atoms with E-state index in [1.807, 2.05) is 26.0 Å². The summed E-state index contributed by atoms with van der Waals surface area (Å²) in [6.45, 7) is 3.65. The van der Waals surface area contributed by atoms with Crippen LogP contribution in [0.5, 0.6) is 0 Å². The molecule has 7 nitrogen and oxygen atoms in total. The zero-order valence-corrected chi connectivity index (χ0v) is 11.2. The Hall–Kier alpha value is -2.70. The number of hydrazine groups is 1. The molecule has 0 aliphatic carbocycles. The van der Waals surface area contributed by atoms with Crippen LogP contribution in [0.2, 0.25) is 0 Å². The van der Waals surface area contributed by atoms with Gasteiger partial charge in [-0.3, -0.25) is 25.4 Å². The average molecular weight is 273 g/mol. The molecule has 0 aliphatic heterocycles. The van der Waals surface area contributed by atoms with Crippen LogP contribution in [0.4, 0.5) is 5.95 Å². The van der Waals surface area contributed by atoms with Crippen LogP contribution >= 0.6 is 0 Å². The summed E-state index contributed by atoms with van der Waals surface area (Å²) in [5.74, 6) is -0.223. The molecular weight excluding hydrogens is 258 g/mol. The second-order valence-electron chi connectivity index (χ2n) is 4.20. The SMILES string of the molecule is CCc1nnc(NNC(=O)c2ccccc2C)[nH]c1=O. The first kappa shape index (κ1) is 13.7. The summed E-state index contributed by atoms with van der Waals surface area (Å²) in [6.07, 6.45) is 0.498. The van der Waals surface area contributed by atoms with E-state index < -0.39 is 0 Å². The van der Waals surface area contributed by atoms with Crippen molar-refractivity contribution < 1.29 is 4.79 Å². The summed E-state index contributed by atoms with van der Waals surface area (Å²) < 4.78 is 0. The van der Waals surface area contributed by atoms with Crippen molar-refractivity contribution in [2.75, 3.05) is 5.43 Å². The minimum Gasteiger partial charge on any atom is -0.288 e. The lowest BCUT2D eigenvalue weighted by atomic mass is 10.1. The molecule has 0 spiro atoms. The first-order valence-electron chi connectivity index (χ1n) is 6.19. The Labute approximate surface area is 115 Å². The van der Waals surface area contributed by atoms with Gasteiger partial charge in [-0.2, -0.15) is 0 Å². The van der Waals surface area contributed by atoms with E-state index in [4.69, 9.17) is 0 Å². The average Bonchev–Trinajstić information content (AvgIpc) is 2.45. The monoisotopic (exact) mass is 273 g/mol. The van der Waals surface area contributed by atoms with Crippen molar-refractivity contribution in [3.63, 3.8) is 0 Å². The number of aromatic nitrogens is 3. The van der Waals surface area contributed by atoms with Crippen LogP contribution < -0.4 is 16.4 Å². The van der Waals surface area contributed by atoms with Crippen LogP contribution in [0.15, 0.2) is 29.1 Å². The number of amides is 1. The van der Waals surface area contributed by atoms with Crippen molar-refractivity contribution >= 4 is 11.9 Å². The van der Waals surface area contributed by atoms with Gasteiger partial charge < -0.3 is 0 Å². The predicted molar refractivity (Wildman–Crippen MR) is 74.3 cm³/mol. The van der Waals surface area contributed by atoms with E-state index in [2.05, 4.69) is 26.0 Å². The summed E-state index contributed by atoms with van der Waals surface area (Å²) in [5.41, 5.74) is 6.41. The second kappa shape index (κ2) is 5.96. The van der Waals surface area contributed by atoms with Crippen LogP contribution in [-0.2, 0) is 6.42 Å². The number of hydrogen-bond donors (Lipinski definition) is 3. The lowest BCUT2D eigenvalue weighted by Crippen LogP contribution is -2.32. The molecule has 7 heteroatoms. The zero-order valence-electron chi connectivity index (χ0n) is 11.2. The van der Waals surface area contributed by atoms with E-state index in [1.54, 1.807) is 12.1 Å². The zero-order chi connectivity index (χ0) is 14.5. The maximum atomic E-state index is 11.9. The fourth-order valence-electron chi connectivity index (χ4n) is 1.66. The Morgan fingerprint density at radius 3 is 2.70 bits per heavy atom. The maximum absolute atomic E-state index is 11.9. The highest BCUT2D eigenvalue weighted by atomic mass is 16.2. The molecule has 1 aromatic heterocycles. The van der Waals surface area contributed by atoms with Gasteiger partial charge in [-0.15, -0.1) is 10.2 Å². The van der Waals surface area contributed by atoms with Crippen LogP contribution in [-0.4, -0.2) is 21.1 Å². The number of benzene rings is 1. The van der Waals surface area contributed by atoms with Crippen LogP contribution in [0.1, 0.15) is 28.5 Å². The molecule has 20 heavy (non-hydrogen) atoms. The maximum Gasteiger partial charge on any atom is 0.274 e. The minimum atomic E-state index is -0.324. The van der Waals surface area contributed by atoms with E-state index in [1.165, 1.54) is 0 Å². The molecule has 1 heterocycles. The van der Waals surface area contributed by atoms with Crippen LogP contribution in [0.3, 0.4) is 0 Å². The van der Waals surface area contributed by atoms with E-state index in [-0.39, 0.29) is 17.4 Å². The summed E-state index contributed by atoms with van der Waals surface area (Å²) in [6, 6.07) is 7.18. The summed E-state index contributed by atoms with van der Waals surface area (Å²) in [7, 11) is 0. The number of anilines is 1. The van der Waals surface area contributed by atoms with Crippen molar-refractivity contribution in [2.45, 2.75) is 20.3 Å². The lowest BCUT2D eigenvalue weighted by molar-refractivity contribution is 0.0961. The molecule has 0 aliphatic rings. The third kappa shape index (κ3) is 3.00. The molecule has 0 atom stereocenters. The smallest absolute Gasteiger partial charge is 0.274 e. The molecule has 104 valence electrons. The molecule has 0 unspecified atom stereocenters. The predicted octanol–water partition coefficient (Wildman–Crippen LogP) is 0.793. The van der Waals surface area contributed by atoms with E-state index >= 15 is 0 Å². The van der Waals surface area contributed by atoms with Crippen LogP contribution in [0, 0.1) is 6.92 Å². The number of aromatic amines is 1. The molecule has 3 N–H and O–H groups in total. The number of carbonyl (C=O) groups excluding carboxylic acids is 1. The molecule has 2 aromatic rings. The fraction of sp³-hybridized carbons (Fsp3) is 0.231. The topological polar surface area (TPSA) is 99.8 Å². The number of nitrogens with one attached hydrogen (secondary N) is 3.